The summed E-state index contributed by atoms with van der Waals surface area (Å²) in [5, 5.41) is 6.54. The summed E-state index contributed by atoms with van der Waals surface area (Å²) in [6.45, 7) is 8.86. The van der Waals surface area contributed by atoms with Gasteiger partial charge in [0.1, 0.15) is 0 Å². The fourth-order valence-electron chi connectivity index (χ4n) is 1.55. The number of nitrogens with zero attached hydrogens (tertiary/aromatic N) is 1. The fraction of sp³-hybridized carbons (Fsp3) is 0.769. The lowest BCUT2D eigenvalue weighted by atomic mass is 10.1. The van der Waals surface area contributed by atoms with Crippen LogP contribution in [0.1, 0.15) is 46.0 Å². The molecule has 3 nitrogen and oxygen atoms in total. The number of rotatable bonds is 8. The van der Waals surface area contributed by atoms with Gasteiger partial charge in [-0.2, -0.15) is 0 Å². The average Bonchev–Trinajstić information content (AvgIpc) is 2.30. The lowest BCUT2D eigenvalue weighted by molar-refractivity contribution is 0.538. The first-order valence-electron chi connectivity index (χ1n) is 6.32. The maximum absolute atomic E-state index is 4.16. The van der Waals surface area contributed by atoms with E-state index in [1.807, 2.05) is 6.08 Å². The number of nitrogens with one attached hydrogen (secondary N) is 2. The molecular weight excluding hydrogens is 325 g/mol. The smallest absolute Gasteiger partial charge is 0.191 e. The highest BCUT2D eigenvalue weighted by Gasteiger charge is 2.03. The van der Waals surface area contributed by atoms with Crippen molar-refractivity contribution in [2.75, 3.05) is 13.6 Å². The van der Waals surface area contributed by atoms with Gasteiger partial charge in [0.25, 0.3) is 0 Å². The van der Waals surface area contributed by atoms with Gasteiger partial charge in [-0.15, -0.1) is 30.6 Å². The van der Waals surface area contributed by atoms with Crippen LogP contribution >= 0.6 is 24.0 Å². The number of hydrogen-bond donors (Lipinski definition) is 2. The molecule has 17 heavy (non-hydrogen) atoms. The highest BCUT2D eigenvalue weighted by atomic mass is 127. The Morgan fingerprint density at radius 1 is 1.35 bits per heavy atom. The van der Waals surface area contributed by atoms with Crippen molar-refractivity contribution in [1.29, 1.82) is 0 Å². The minimum absolute atomic E-state index is 0. The fourth-order valence-corrected chi connectivity index (χ4v) is 1.55. The first kappa shape index (κ1) is 19.1. The summed E-state index contributed by atoms with van der Waals surface area (Å²) in [5.74, 6) is 0.864. The zero-order valence-electron chi connectivity index (χ0n) is 11.5. The maximum Gasteiger partial charge on any atom is 0.191 e. The summed E-state index contributed by atoms with van der Waals surface area (Å²) in [6, 6.07) is 0.480. The molecule has 0 aromatic carbocycles. The van der Waals surface area contributed by atoms with Crippen LogP contribution in [-0.2, 0) is 0 Å². The zero-order chi connectivity index (χ0) is 12.2. The largest absolute Gasteiger partial charge is 0.354 e. The lowest BCUT2D eigenvalue weighted by Crippen LogP contribution is -2.42. The summed E-state index contributed by atoms with van der Waals surface area (Å²) < 4.78 is 0. The molecule has 0 radical (unpaired) electrons. The van der Waals surface area contributed by atoms with Gasteiger partial charge in [-0.05, 0) is 13.3 Å². The Hall–Kier alpha value is -0.260. The van der Waals surface area contributed by atoms with Gasteiger partial charge in [0.15, 0.2) is 5.96 Å². The van der Waals surface area contributed by atoms with E-state index in [2.05, 4.69) is 36.1 Å². The second-order valence-corrected chi connectivity index (χ2v) is 4.14. The van der Waals surface area contributed by atoms with Crippen molar-refractivity contribution in [3.8, 4) is 0 Å². The van der Waals surface area contributed by atoms with E-state index < -0.39 is 0 Å². The summed E-state index contributed by atoms with van der Waals surface area (Å²) in [5.41, 5.74) is 0. The predicted molar refractivity (Wildman–Crippen MR) is 88.3 cm³/mol. The molecular formula is C13H28IN3. The Bertz CT molecular complexity index is 205. The predicted octanol–water partition coefficient (Wildman–Crippen LogP) is 3.31. The third-order valence-electron chi connectivity index (χ3n) is 2.51. The Morgan fingerprint density at radius 3 is 2.59 bits per heavy atom. The van der Waals surface area contributed by atoms with Gasteiger partial charge < -0.3 is 10.6 Å². The molecule has 0 spiro atoms. The monoisotopic (exact) mass is 353 g/mol. The minimum atomic E-state index is 0. The quantitative estimate of drug-likeness (QED) is 0.231. The van der Waals surface area contributed by atoms with E-state index in [0.717, 1.165) is 12.5 Å². The molecule has 0 heterocycles. The van der Waals surface area contributed by atoms with E-state index in [-0.39, 0.29) is 24.0 Å². The first-order valence-corrected chi connectivity index (χ1v) is 6.32. The van der Waals surface area contributed by atoms with Gasteiger partial charge in [-0.1, -0.05) is 38.7 Å². The Labute approximate surface area is 124 Å². The van der Waals surface area contributed by atoms with Crippen molar-refractivity contribution >= 4 is 29.9 Å². The number of hydrogen-bond acceptors (Lipinski definition) is 1. The number of halogens is 1. The summed E-state index contributed by atoms with van der Waals surface area (Å²) in [6.07, 6.45) is 8.30. The molecule has 0 aliphatic carbocycles. The molecule has 4 heteroatoms. The third-order valence-corrected chi connectivity index (χ3v) is 2.51. The van der Waals surface area contributed by atoms with Gasteiger partial charge in [0, 0.05) is 19.6 Å². The van der Waals surface area contributed by atoms with Crippen LogP contribution in [-0.4, -0.2) is 25.6 Å². The van der Waals surface area contributed by atoms with Gasteiger partial charge in [-0.3, -0.25) is 4.99 Å². The van der Waals surface area contributed by atoms with Crippen LogP contribution in [0.25, 0.3) is 0 Å². The third kappa shape index (κ3) is 12.0. The van der Waals surface area contributed by atoms with Gasteiger partial charge in [-0.25, -0.2) is 0 Å². The highest BCUT2D eigenvalue weighted by molar-refractivity contribution is 14.0. The normalized spacial score (nSPS) is 12.5. The van der Waals surface area contributed by atoms with Gasteiger partial charge in [0.2, 0.25) is 0 Å². The van der Waals surface area contributed by atoms with Crippen LogP contribution in [0.2, 0.25) is 0 Å². The second-order valence-electron chi connectivity index (χ2n) is 4.14. The van der Waals surface area contributed by atoms with Crippen LogP contribution in [0.3, 0.4) is 0 Å². The molecule has 0 aliphatic rings. The summed E-state index contributed by atoms with van der Waals surface area (Å²) >= 11 is 0. The zero-order valence-corrected chi connectivity index (χ0v) is 13.8. The molecule has 0 fully saturated rings. The summed E-state index contributed by atoms with van der Waals surface area (Å²) in [4.78, 5) is 4.16. The SMILES string of the molecule is C=CCNC(=NC)NC(C)CCCCCC.I. The van der Waals surface area contributed by atoms with Gasteiger partial charge in [0.05, 0.1) is 0 Å². The van der Waals surface area contributed by atoms with Crippen molar-refractivity contribution in [2.24, 2.45) is 4.99 Å². The van der Waals surface area contributed by atoms with Crippen LogP contribution in [0, 0.1) is 0 Å². The molecule has 1 atom stereocenters. The topological polar surface area (TPSA) is 36.4 Å². The minimum Gasteiger partial charge on any atom is -0.354 e. The molecule has 0 aliphatic heterocycles. The van der Waals surface area contributed by atoms with E-state index in [4.69, 9.17) is 0 Å². The molecule has 2 N–H and O–H groups in total. The molecule has 0 bridgehead atoms. The number of aliphatic imine (C=N–C) groups is 1. The van der Waals surface area contributed by atoms with Crippen molar-refractivity contribution in [2.45, 2.75) is 52.0 Å². The molecule has 0 aromatic rings. The molecule has 0 saturated carbocycles. The number of guanidine groups is 1. The van der Waals surface area contributed by atoms with Crippen LogP contribution in [0.15, 0.2) is 17.6 Å². The number of unbranched alkanes of at least 4 members (excludes halogenated alkanes) is 3. The van der Waals surface area contributed by atoms with E-state index in [1.165, 1.54) is 32.1 Å². The lowest BCUT2D eigenvalue weighted by Gasteiger charge is -2.17. The molecule has 1 unspecified atom stereocenters. The van der Waals surface area contributed by atoms with Crippen molar-refractivity contribution in [3.63, 3.8) is 0 Å². The Kier molecular flexibility index (Phi) is 15.5. The van der Waals surface area contributed by atoms with Gasteiger partial charge >= 0.3 is 0 Å². The van der Waals surface area contributed by atoms with Crippen molar-refractivity contribution in [3.05, 3.63) is 12.7 Å². The van der Waals surface area contributed by atoms with E-state index in [0.29, 0.717) is 6.04 Å². The van der Waals surface area contributed by atoms with E-state index >= 15 is 0 Å². The molecule has 0 aromatic heterocycles. The molecule has 0 rings (SSSR count). The highest BCUT2D eigenvalue weighted by Crippen LogP contribution is 2.04. The maximum atomic E-state index is 4.16. The Balaban J connectivity index is 0. The standard InChI is InChI=1S/C13H27N3.HI/c1-5-7-8-9-10-12(3)16-13(14-4)15-11-6-2;/h6,12H,2,5,7-11H2,1,3-4H3,(H2,14,15,16);1H. The van der Waals surface area contributed by atoms with Crippen molar-refractivity contribution in [1.82, 2.24) is 10.6 Å². The molecule has 102 valence electrons. The molecule has 0 saturated heterocycles. The average molecular weight is 353 g/mol. The second kappa shape index (κ2) is 13.8. The molecule has 0 amide bonds. The first-order chi connectivity index (χ1) is 7.74. The van der Waals surface area contributed by atoms with Crippen molar-refractivity contribution < 1.29 is 0 Å². The van der Waals surface area contributed by atoms with Crippen LogP contribution in [0.5, 0.6) is 0 Å². The summed E-state index contributed by atoms with van der Waals surface area (Å²) in [7, 11) is 1.79. The van der Waals surface area contributed by atoms with E-state index in [9.17, 15) is 0 Å². The van der Waals surface area contributed by atoms with E-state index in [1.54, 1.807) is 7.05 Å². The van der Waals surface area contributed by atoms with Crippen LogP contribution < -0.4 is 10.6 Å². The Morgan fingerprint density at radius 2 is 2.06 bits per heavy atom. The van der Waals surface area contributed by atoms with Crippen LogP contribution in [0.4, 0.5) is 0 Å².